The lowest BCUT2D eigenvalue weighted by molar-refractivity contribution is 0.0702. The third-order valence-corrected chi connectivity index (χ3v) is 3.39. The highest BCUT2D eigenvalue weighted by atomic mass is 35.5. The average Bonchev–Trinajstić information content (AvgIpc) is 2.77. The van der Waals surface area contributed by atoms with Gasteiger partial charge in [-0.2, -0.15) is 0 Å². The van der Waals surface area contributed by atoms with Gasteiger partial charge in [-0.05, 0) is 23.8 Å². The number of halogens is 1. The Balaban J connectivity index is 1.97. The molecule has 0 fully saturated rings. The number of carbonyl (C=O) groups is 1. The summed E-state index contributed by atoms with van der Waals surface area (Å²) in [5.41, 5.74) is 1.92. The number of hydrogen-bond acceptors (Lipinski definition) is 3. The van der Waals surface area contributed by atoms with Crippen LogP contribution in [0.4, 0.5) is 5.69 Å². The summed E-state index contributed by atoms with van der Waals surface area (Å²) < 4.78 is 0. The van der Waals surface area contributed by atoms with E-state index < -0.39 is 5.97 Å². The second-order valence-electron chi connectivity index (χ2n) is 3.48. The second-order valence-corrected chi connectivity index (χ2v) is 4.83. The molecule has 2 N–H and O–H groups in total. The van der Waals surface area contributed by atoms with Gasteiger partial charge >= 0.3 is 5.97 Å². The molecule has 0 saturated heterocycles. The number of benzene rings is 1. The van der Waals surface area contributed by atoms with E-state index in [0.29, 0.717) is 16.4 Å². The Morgan fingerprint density at radius 3 is 2.65 bits per heavy atom. The number of nitrogens with one attached hydrogen (secondary N) is 1. The Morgan fingerprint density at radius 2 is 2.06 bits per heavy atom. The minimum atomic E-state index is -0.894. The first-order chi connectivity index (χ1) is 8.15. The average molecular weight is 268 g/mol. The largest absolute Gasteiger partial charge is 0.477 e. The lowest BCUT2D eigenvalue weighted by atomic mass is 10.2. The Morgan fingerprint density at radius 1 is 1.35 bits per heavy atom. The molecule has 0 bridgehead atoms. The molecule has 1 aromatic heterocycles. The van der Waals surface area contributed by atoms with Gasteiger partial charge in [0, 0.05) is 22.6 Å². The quantitative estimate of drug-likeness (QED) is 0.888. The van der Waals surface area contributed by atoms with E-state index in [-0.39, 0.29) is 0 Å². The smallest absolute Gasteiger partial charge is 0.345 e. The van der Waals surface area contributed by atoms with Crippen LogP contribution < -0.4 is 5.32 Å². The highest BCUT2D eigenvalue weighted by molar-refractivity contribution is 7.12. The summed E-state index contributed by atoms with van der Waals surface area (Å²) in [5, 5.41) is 14.4. The lowest BCUT2D eigenvalue weighted by Gasteiger charge is -2.03. The van der Waals surface area contributed by atoms with Gasteiger partial charge in [-0.25, -0.2) is 4.79 Å². The normalized spacial score (nSPS) is 10.2. The molecule has 0 radical (unpaired) electrons. The highest BCUT2D eigenvalue weighted by Gasteiger charge is 2.06. The van der Waals surface area contributed by atoms with Crippen LogP contribution in [-0.2, 0) is 6.54 Å². The zero-order valence-corrected chi connectivity index (χ0v) is 10.4. The van der Waals surface area contributed by atoms with Crippen LogP contribution in [0.3, 0.4) is 0 Å². The van der Waals surface area contributed by atoms with Crippen LogP contribution >= 0.6 is 22.9 Å². The maximum Gasteiger partial charge on any atom is 0.345 e. The molecule has 2 aromatic rings. The molecule has 1 heterocycles. The Kier molecular flexibility index (Phi) is 3.66. The van der Waals surface area contributed by atoms with Gasteiger partial charge in [0.15, 0.2) is 0 Å². The molecule has 3 nitrogen and oxygen atoms in total. The third-order valence-electron chi connectivity index (χ3n) is 2.22. The van der Waals surface area contributed by atoms with Crippen molar-refractivity contribution in [2.24, 2.45) is 0 Å². The fraction of sp³-hybridized carbons (Fsp3) is 0.0833. The first-order valence-electron chi connectivity index (χ1n) is 4.95. The minimum absolute atomic E-state index is 0.337. The van der Waals surface area contributed by atoms with Crippen LogP contribution in [-0.4, -0.2) is 11.1 Å². The summed E-state index contributed by atoms with van der Waals surface area (Å²) >= 11 is 7.00. The number of anilines is 1. The third kappa shape index (κ3) is 3.22. The number of rotatable bonds is 4. The van der Waals surface area contributed by atoms with Crippen LogP contribution in [0, 0.1) is 0 Å². The predicted octanol–water partition coefficient (Wildman–Crippen LogP) is 3.71. The van der Waals surface area contributed by atoms with Crippen LogP contribution in [0.1, 0.15) is 15.2 Å². The van der Waals surface area contributed by atoms with Gasteiger partial charge in [-0.3, -0.25) is 0 Å². The van der Waals surface area contributed by atoms with Gasteiger partial charge in [0.2, 0.25) is 0 Å². The van der Waals surface area contributed by atoms with Crippen LogP contribution in [0.2, 0.25) is 5.02 Å². The van der Waals surface area contributed by atoms with Crippen molar-refractivity contribution in [3.8, 4) is 0 Å². The molecule has 0 spiro atoms. The van der Waals surface area contributed by atoms with Gasteiger partial charge in [-0.1, -0.05) is 23.7 Å². The van der Waals surface area contributed by atoms with E-state index >= 15 is 0 Å². The number of carboxylic acids is 1. The van der Waals surface area contributed by atoms with E-state index in [0.717, 1.165) is 11.3 Å². The maximum absolute atomic E-state index is 10.7. The van der Waals surface area contributed by atoms with Gasteiger partial charge in [0.25, 0.3) is 0 Å². The van der Waals surface area contributed by atoms with Gasteiger partial charge in [0.1, 0.15) is 4.88 Å². The zero-order valence-electron chi connectivity index (χ0n) is 8.81. The number of hydrogen-bond donors (Lipinski definition) is 2. The second kappa shape index (κ2) is 5.21. The number of aromatic carboxylic acids is 1. The minimum Gasteiger partial charge on any atom is -0.477 e. The van der Waals surface area contributed by atoms with Crippen LogP contribution in [0.15, 0.2) is 35.7 Å². The van der Waals surface area contributed by atoms with E-state index in [2.05, 4.69) is 5.32 Å². The van der Waals surface area contributed by atoms with Crippen molar-refractivity contribution in [3.05, 3.63) is 51.2 Å². The topological polar surface area (TPSA) is 49.3 Å². The van der Waals surface area contributed by atoms with Crippen molar-refractivity contribution in [2.75, 3.05) is 5.32 Å². The van der Waals surface area contributed by atoms with E-state index in [1.807, 2.05) is 24.3 Å². The first kappa shape index (κ1) is 12.0. The van der Waals surface area contributed by atoms with Gasteiger partial charge in [-0.15, -0.1) is 11.3 Å². The molecule has 0 aliphatic carbocycles. The molecule has 5 heteroatoms. The number of carboxylic acid groups (broad SMARTS) is 1. The summed E-state index contributed by atoms with van der Waals surface area (Å²) in [7, 11) is 0. The fourth-order valence-electron chi connectivity index (χ4n) is 1.35. The summed E-state index contributed by atoms with van der Waals surface area (Å²) in [4.78, 5) is 11.0. The number of thiophene rings is 1. The van der Waals surface area contributed by atoms with E-state index in [1.54, 1.807) is 11.4 Å². The van der Waals surface area contributed by atoms with Crippen molar-refractivity contribution in [2.45, 2.75) is 6.54 Å². The maximum atomic E-state index is 10.7. The van der Waals surface area contributed by atoms with E-state index in [9.17, 15) is 4.79 Å². The molecule has 0 atom stereocenters. The molecule has 2 rings (SSSR count). The molecule has 88 valence electrons. The summed E-state index contributed by atoms with van der Waals surface area (Å²) in [6.07, 6.45) is 0. The lowest BCUT2D eigenvalue weighted by Crippen LogP contribution is -1.98. The molecular weight excluding hydrogens is 258 g/mol. The molecular formula is C12H10ClNO2S. The summed E-state index contributed by atoms with van der Waals surface area (Å²) in [5.74, 6) is -0.894. The summed E-state index contributed by atoms with van der Waals surface area (Å²) in [6, 6.07) is 9.15. The standard InChI is InChI=1S/C12H10ClNO2S/c13-9-3-1-8(2-4-9)6-14-10-5-11(12(15)16)17-7-10/h1-5,7,14H,6H2,(H,15,16). The molecule has 17 heavy (non-hydrogen) atoms. The zero-order chi connectivity index (χ0) is 12.3. The van der Waals surface area contributed by atoms with E-state index in [1.165, 1.54) is 11.3 Å². The van der Waals surface area contributed by atoms with Crippen molar-refractivity contribution in [1.82, 2.24) is 0 Å². The fourth-order valence-corrected chi connectivity index (χ4v) is 2.17. The molecule has 0 unspecified atom stereocenters. The monoisotopic (exact) mass is 267 g/mol. The van der Waals surface area contributed by atoms with Crippen molar-refractivity contribution in [3.63, 3.8) is 0 Å². The first-order valence-corrected chi connectivity index (χ1v) is 6.21. The Bertz CT molecular complexity index is 522. The van der Waals surface area contributed by atoms with Crippen molar-refractivity contribution < 1.29 is 9.90 Å². The molecule has 0 aliphatic heterocycles. The predicted molar refractivity (Wildman–Crippen MR) is 70.1 cm³/mol. The van der Waals surface area contributed by atoms with Gasteiger partial charge < -0.3 is 10.4 Å². The molecule has 0 amide bonds. The Hall–Kier alpha value is -1.52. The molecule has 1 aromatic carbocycles. The van der Waals surface area contributed by atoms with Crippen LogP contribution in [0.25, 0.3) is 0 Å². The van der Waals surface area contributed by atoms with Crippen LogP contribution in [0.5, 0.6) is 0 Å². The molecule has 0 saturated carbocycles. The highest BCUT2D eigenvalue weighted by Crippen LogP contribution is 2.20. The van der Waals surface area contributed by atoms with Crippen molar-refractivity contribution in [1.29, 1.82) is 0 Å². The van der Waals surface area contributed by atoms with Gasteiger partial charge in [0.05, 0.1) is 0 Å². The SMILES string of the molecule is O=C(O)c1cc(NCc2ccc(Cl)cc2)cs1. The van der Waals surface area contributed by atoms with Crippen molar-refractivity contribution >= 4 is 34.6 Å². The Labute approximate surface area is 108 Å². The summed E-state index contributed by atoms with van der Waals surface area (Å²) in [6.45, 7) is 0.646. The molecule has 0 aliphatic rings. The van der Waals surface area contributed by atoms with E-state index in [4.69, 9.17) is 16.7 Å².